The Morgan fingerprint density at radius 1 is 1.14 bits per heavy atom. The Hall–Kier alpha value is -3.88. The molecule has 0 bridgehead atoms. The highest BCUT2D eigenvalue weighted by Gasteiger charge is 2.37. The summed E-state index contributed by atoms with van der Waals surface area (Å²) in [6.45, 7) is 0.0414. The van der Waals surface area contributed by atoms with E-state index in [4.69, 9.17) is 14.2 Å². The molecule has 0 radical (unpaired) electrons. The number of carbonyl (C=O) groups excluding carboxylic acids is 3. The van der Waals surface area contributed by atoms with Crippen LogP contribution in [0.5, 0.6) is 17.2 Å². The van der Waals surface area contributed by atoms with Crippen LogP contribution in [0.1, 0.15) is 5.56 Å². The van der Waals surface area contributed by atoms with Gasteiger partial charge in [0.05, 0.1) is 12.8 Å². The molecule has 1 fully saturated rings. The van der Waals surface area contributed by atoms with Gasteiger partial charge in [-0.3, -0.25) is 14.9 Å². The molecule has 0 aromatic heterocycles. The summed E-state index contributed by atoms with van der Waals surface area (Å²) in [6.07, 6.45) is 1.27. The van der Waals surface area contributed by atoms with E-state index in [1.807, 2.05) is 0 Å². The van der Waals surface area contributed by atoms with Gasteiger partial charge in [0.25, 0.3) is 11.8 Å². The number of methoxy groups -OCH3 is 1. The summed E-state index contributed by atoms with van der Waals surface area (Å²) in [5.74, 6) is -1.16. The van der Waals surface area contributed by atoms with Crippen molar-refractivity contribution in [1.82, 2.24) is 5.32 Å². The van der Waals surface area contributed by atoms with E-state index in [0.717, 1.165) is 6.07 Å². The molecular weight excluding hydrogens is 371 g/mol. The maximum atomic E-state index is 13.5. The van der Waals surface area contributed by atoms with Crippen LogP contribution < -0.4 is 24.4 Å². The number of nitrogens with zero attached hydrogens (tertiary/aromatic N) is 1. The molecule has 0 atom stereocenters. The van der Waals surface area contributed by atoms with E-state index >= 15 is 0 Å². The Morgan fingerprint density at radius 3 is 2.61 bits per heavy atom. The second-order valence-electron chi connectivity index (χ2n) is 5.89. The zero-order valence-corrected chi connectivity index (χ0v) is 14.5. The van der Waals surface area contributed by atoms with Crippen LogP contribution in [-0.4, -0.2) is 31.7 Å². The molecule has 2 aliphatic heterocycles. The highest BCUT2D eigenvalue weighted by Crippen LogP contribution is 2.39. The van der Waals surface area contributed by atoms with Crippen molar-refractivity contribution in [2.75, 3.05) is 18.8 Å². The lowest BCUT2D eigenvalue weighted by atomic mass is 10.1. The largest absolute Gasteiger partial charge is 0.496 e. The Morgan fingerprint density at radius 2 is 1.89 bits per heavy atom. The molecule has 4 amide bonds. The first-order valence-corrected chi connectivity index (χ1v) is 8.12. The molecule has 0 aliphatic carbocycles. The number of halogens is 1. The predicted molar refractivity (Wildman–Crippen MR) is 94.5 cm³/mol. The fourth-order valence-electron chi connectivity index (χ4n) is 2.89. The minimum absolute atomic E-state index is 0.00134. The number of hydrogen-bond donors (Lipinski definition) is 1. The zero-order chi connectivity index (χ0) is 19.8. The highest BCUT2D eigenvalue weighted by atomic mass is 19.1. The number of urea groups is 1. The van der Waals surface area contributed by atoms with Crippen molar-refractivity contribution < 1.29 is 33.0 Å². The predicted octanol–water partition coefficient (Wildman–Crippen LogP) is 2.23. The Kier molecular flexibility index (Phi) is 4.19. The van der Waals surface area contributed by atoms with Crippen LogP contribution in [-0.2, 0) is 9.59 Å². The van der Waals surface area contributed by atoms with Crippen LogP contribution in [0.4, 0.5) is 14.9 Å². The lowest BCUT2D eigenvalue weighted by Crippen LogP contribution is -2.54. The summed E-state index contributed by atoms with van der Waals surface area (Å²) >= 11 is 0. The zero-order valence-electron chi connectivity index (χ0n) is 14.5. The Labute approximate surface area is 158 Å². The van der Waals surface area contributed by atoms with Crippen molar-refractivity contribution in [3.63, 3.8) is 0 Å². The molecule has 2 aromatic carbocycles. The fraction of sp³-hybridized carbons (Fsp3) is 0.105. The second-order valence-corrected chi connectivity index (χ2v) is 5.89. The standard InChI is InChI=1S/C19H13FN2O6/c1-26-14-8-16-15(27-9-28-16)6-10(14)5-13-17(23)21-19(25)22(18(13)24)12-4-2-3-11(20)7-12/h2-8H,9H2,1H3,(H,21,23,25)/b13-5-. The molecule has 0 saturated carbocycles. The van der Waals surface area contributed by atoms with Crippen molar-refractivity contribution in [3.05, 3.63) is 53.4 Å². The van der Waals surface area contributed by atoms with Crippen LogP contribution in [0.2, 0.25) is 0 Å². The van der Waals surface area contributed by atoms with E-state index in [1.54, 1.807) is 12.1 Å². The van der Waals surface area contributed by atoms with Gasteiger partial charge in [-0.05, 0) is 30.3 Å². The third-order valence-corrected chi connectivity index (χ3v) is 4.19. The van der Waals surface area contributed by atoms with Gasteiger partial charge in [0.2, 0.25) is 6.79 Å². The molecule has 1 saturated heterocycles. The van der Waals surface area contributed by atoms with Crippen molar-refractivity contribution >= 4 is 29.6 Å². The highest BCUT2D eigenvalue weighted by molar-refractivity contribution is 6.39. The van der Waals surface area contributed by atoms with Crippen LogP contribution >= 0.6 is 0 Å². The number of rotatable bonds is 3. The molecule has 2 heterocycles. The summed E-state index contributed by atoms with van der Waals surface area (Å²) in [7, 11) is 1.42. The van der Waals surface area contributed by atoms with Gasteiger partial charge in [-0.25, -0.2) is 14.1 Å². The van der Waals surface area contributed by atoms with E-state index in [0.29, 0.717) is 27.7 Å². The summed E-state index contributed by atoms with van der Waals surface area (Å²) in [5.41, 5.74) is 0.0540. The minimum Gasteiger partial charge on any atom is -0.496 e. The van der Waals surface area contributed by atoms with Crippen molar-refractivity contribution in [2.24, 2.45) is 0 Å². The van der Waals surface area contributed by atoms with Crippen molar-refractivity contribution in [2.45, 2.75) is 0 Å². The monoisotopic (exact) mass is 384 g/mol. The number of ether oxygens (including phenoxy) is 3. The number of nitrogens with one attached hydrogen (secondary N) is 1. The molecule has 2 aliphatic rings. The van der Waals surface area contributed by atoms with Gasteiger partial charge < -0.3 is 14.2 Å². The average Bonchev–Trinajstić information content (AvgIpc) is 3.11. The van der Waals surface area contributed by atoms with Gasteiger partial charge in [-0.2, -0.15) is 0 Å². The van der Waals surface area contributed by atoms with Gasteiger partial charge >= 0.3 is 6.03 Å². The normalized spacial score (nSPS) is 17.1. The molecule has 0 unspecified atom stereocenters. The SMILES string of the molecule is COc1cc2c(cc1/C=C1/C(=O)NC(=O)N(c3cccc(F)c3)C1=O)OCO2. The number of barbiturate groups is 1. The number of benzene rings is 2. The summed E-state index contributed by atoms with van der Waals surface area (Å²) in [4.78, 5) is 38.0. The first-order valence-electron chi connectivity index (χ1n) is 8.12. The second kappa shape index (κ2) is 6.69. The van der Waals surface area contributed by atoms with Gasteiger partial charge in [0.1, 0.15) is 17.1 Å². The first kappa shape index (κ1) is 17.5. The molecule has 8 nitrogen and oxygen atoms in total. The molecule has 142 valence electrons. The fourth-order valence-corrected chi connectivity index (χ4v) is 2.89. The van der Waals surface area contributed by atoms with Gasteiger partial charge in [0.15, 0.2) is 11.5 Å². The van der Waals surface area contributed by atoms with Crippen LogP contribution in [0.3, 0.4) is 0 Å². The smallest absolute Gasteiger partial charge is 0.335 e. The molecule has 0 spiro atoms. The average molecular weight is 384 g/mol. The molecule has 9 heteroatoms. The van der Waals surface area contributed by atoms with E-state index < -0.39 is 23.7 Å². The number of fused-ring (bicyclic) bond motifs is 1. The Balaban J connectivity index is 1.78. The number of imide groups is 2. The summed E-state index contributed by atoms with van der Waals surface area (Å²) < 4.78 is 29.4. The quantitative estimate of drug-likeness (QED) is 0.644. The minimum atomic E-state index is -0.963. The van der Waals surface area contributed by atoms with Crippen LogP contribution in [0.25, 0.3) is 6.08 Å². The maximum Gasteiger partial charge on any atom is 0.335 e. The van der Waals surface area contributed by atoms with Crippen LogP contribution in [0.15, 0.2) is 42.0 Å². The van der Waals surface area contributed by atoms with Crippen molar-refractivity contribution in [3.8, 4) is 17.2 Å². The molecule has 4 rings (SSSR count). The lowest BCUT2D eigenvalue weighted by molar-refractivity contribution is -0.122. The van der Waals surface area contributed by atoms with Gasteiger partial charge in [-0.15, -0.1) is 0 Å². The molecule has 1 N–H and O–H groups in total. The number of amides is 4. The summed E-state index contributed by atoms with van der Waals surface area (Å²) in [5, 5.41) is 2.08. The van der Waals surface area contributed by atoms with E-state index in [1.165, 1.54) is 31.4 Å². The maximum absolute atomic E-state index is 13.5. The summed E-state index contributed by atoms with van der Waals surface area (Å²) in [6, 6.07) is 7.09. The third-order valence-electron chi connectivity index (χ3n) is 4.19. The third kappa shape index (κ3) is 2.92. The van der Waals surface area contributed by atoms with Gasteiger partial charge in [-0.1, -0.05) is 6.07 Å². The van der Waals surface area contributed by atoms with Crippen molar-refractivity contribution in [1.29, 1.82) is 0 Å². The first-order chi connectivity index (χ1) is 13.5. The lowest BCUT2D eigenvalue weighted by Gasteiger charge is -2.26. The molecular formula is C19H13FN2O6. The number of anilines is 1. The van der Waals surface area contributed by atoms with Gasteiger partial charge in [0, 0.05) is 11.6 Å². The molecule has 28 heavy (non-hydrogen) atoms. The van der Waals surface area contributed by atoms with Crippen LogP contribution in [0, 0.1) is 5.82 Å². The number of carbonyl (C=O) groups is 3. The Bertz CT molecular complexity index is 1050. The van der Waals surface area contributed by atoms with E-state index in [9.17, 15) is 18.8 Å². The molecule has 2 aromatic rings. The van der Waals surface area contributed by atoms with E-state index in [-0.39, 0.29) is 18.1 Å². The number of hydrogen-bond acceptors (Lipinski definition) is 6. The topological polar surface area (TPSA) is 94.2 Å². The van der Waals surface area contributed by atoms with E-state index in [2.05, 4.69) is 5.32 Å².